The Balaban J connectivity index is 1.96. The van der Waals surface area contributed by atoms with Gasteiger partial charge < -0.3 is 0 Å². The van der Waals surface area contributed by atoms with Crippen LogP contribution < -0.4 is 0 Å². The summed E-state index contributed by atoms with van der Waals surface area (Å²) in [5.74, 6) is 0.746. The highest BCUT2D eigenvalue weighted by molar-refractivity contribution is 7.83. The summed E-state index contributed by atoms with van der Waals surface area (Å²) in [6.45, 7) is 0. The quantitative estimate of drug-likeness (QED) is 0.811. The van der Waals surface area contributed by atoms with Gasteiger partial charge in [-0.3, -0.25) is 4.21 Å². The Hall–Kier alpha value is -1.48. The monoisotopic (exact) mass is 248 g/mol. The van der Waals surface area contributed by atoms with E-state index in [4.69, 9.17) is 0 Å². The van der Waals surface area contributed by atoms with Gasteiger partial charge in [0.1, 0.15) is 5.82 Å². The molecule has 0 aliphatic carbocycles. The summed E-state index contributed by atoms with van der Waals surface area (Å²) >= 11 is 0. The van der Waals surface area contributed by atoms with E-state index >= 15 is 0 Å². The van der Waals surface area contributed by atoms with Crippen LogP contribution in [0.15, 0.2) is 54.6 Å². The van der Waals surface area contributed by atoms with Crippen molar-refractivity contribution in [2.24, 2.45) is 0 Å². The van der Waals surface area contributed by atoms with Crippen LogP contribution in [0.3, 0.4) is 0 Å². The molecule has 0 N–H and O–H groups in total. The van der Waals surface area contributed by atoms with Crippen LogP contribution in [0.4, 0.5) is 4.39 Å². The van der Waals surface area contributed by atoms with Crippen molar-refractivity contribution in [3.8, 4) is 0 Å². The molecule has 0 aromatic heterocycles. The molecule has 0 saturated carbocycles. The molecule has 1 atom stereocenters. The van der Waals surface area contributed by atoms with Crippen LogP contribution in [0.25, 0.3) is 0 Å². The van der Waals surface area contributed by atoms with Crippen molar-refractivity contribution in [3.63, 3.8) is 0 Å². The van der Waals surface area contributed by atoms with E-state index in [0.717, 1.165) is 11.1 Å². The summed E-state index contributed by atoms with van der Waals surface area (Å²) in [7, 11) is -0.951. The van der Waals surface area contributed by atoms with Gasteiger partial charge in [0.2, 0.25) is 0 Å². The van der Waals surface area contributed by atoms with E-state index in [-0.39, 0.29) is 5.82 Å². The highest BCUT2D eigenvalue weighted by Gasteiger charge is 2.03. The van der Waals surface area contributed by atoms with Gasteiger partial charge in [-0.2, -0.15) is 0 Å². The molecule has 0 aliphatic heterocycles. The summed E-state index contributed by atoms with van der Waals surface area (Å²) in [5, 5.41) is 0. The van der Waals surface area contributed by atoms with Gasteiger partial charge in [-0.1, -0.05) is 42.5 Å². The minimum atomic E-state index is -0.951. The number of benzene rings is 2. The lowest BCUT2D eigenvalue weighted by Crippen LogP contribution is -1.99. The average molecular weight is 248 g/mol. The second-order valence-corrected chi connectivity index (χ2v) is 5.30. The Labute approximate surface area is 103 Å². The first-order valence-electron chi connectivity index (χ1n) is 5.37. The average Bonchev–Trinajstić information content (AvgIpc) is 2.33. The summed E-state index contributed by atoms with van der Waals surface area (Å²) in [6.07, 6.45) is 0. The van der Waals surface area contributed by atoms with Gasteiger partial charge >= 0.3 is 0 Å². The summed E-state index contributed by atoms with van der Waals surface area (Å²) in [5.41, 5.74) is 1.97. The van der Waals surface area contributed by atoms with Crippen LogP contribution in [0.5, 0.6) is 0 Å². The highest BCUT2D eigenvalue weighted by atomic mass is 32.2. The van der Waals surface area contributed by atoms with Crippen molar-refractivity contribution in [2.45, 2.75) is 11.5 Å². The highest BCUT2D eigenvalue weighted by Crippen LogP contribution is 2.09. The molecule has 2 aromatic rings. The molecule has 1 nitrogen and oxygen atoms in total. The van der Waals surface area contributed by atoms with Crippen molar-refractivity contribution in [1.82, 2.24) is 0 Å². The third-order valence-corrected chi connectivity index (χ3v) is 3.72. The maximum absolute atomic E-state index is 12.7. The Morgan fingerprint density at radius 1 is 0.824 bits per heavy atom. The lowest BCUT2D eigenvalue weighted by atomic mass is 10.2. The van der Waals surface area contributed by atoms with Crippen molar-refractivity contribution in [1.29, 1.82) is 0 Å². The SMILES string of the molecule is O=[S@](Cc1ccccc1)Cc1ccc(F)cc1. The van der Waals surface area contributed by atoms with Crippen LogP contribution in [-0.2, 0) is 22.3 Å². The van der Waals surface area contributed by atoms with E-state index in [0.29, 0.717) is 11.5 Å². The molecule has 0 saturated heterocycles. The van der Waals surface area contributed by atoms with Gasteiger partial charge in [-0.15, -0.1) is 0 Å². The van der Waals surface area contributed by atoms with Gasteiger partial charge in [0.15, 0.2) is 0 Å². The molecule has 0 radical (unpaired) electrons. The minimum Gasteiger partial charge on any atom is -0.259 e. The van der Waals surface area contributed by atoms with Crippen molar-refractivity contribution in [2.75, 3.05) is 0 Å². The zero-order chi connectivity index (χ0) is 12.1. The second kappa shape index (κ2) is 5.73. The fourth-order valence-corrected chi connectivity index (χ4v) is 2.81. The molecular formula is C14H13FOS. The molecule has 0 unspecified atom stereocenters. The van der Waals surface area contributed by atoms with Gasteiger partial charge in [-0.05, 0) is 23.3 Å². The maximum atomic E-state index is 12.7. The molecule has 3 heteroatoms. The molecular weight excluding hydrogens is 235 g/mol. The minimum absolute atomic E-state index is 0.261. The fraction of sp³-hybridized carbons (Fsp3) is 0.143. The van der Waals surface area contributed by atoms with Crippen molar-refractivity contribution in [3.05, 3.63) is 71.5 Å². The number of hydrogen-bond acceptors (Lipinski definition) is 1. The van der Waals surface area contributed by atoms with Gasteiger partial charge in [-0.25, -0.2) is 4.39 Å². The molecule has 17 heavy (non-hydrogen) atoms. The summed E-state index contributed by atoms with van der Waals surface area (Å²) in [4.78, 5) is 0. The van der Waals surface area contributed by atoms with Crippen molar-refractivity contribution >= 4 is 10.8 Å². The van der Waals surface area contributed by atoms with E-state index in [9.17, 15) is 8.60 Å². The van der Waals surface area contributed by atoms with Gasteiger partial charge in [0.25, 0.3) is 0 Å². The van der Waals surface area contributed by atoms with Crippen LogP contribution in [-0.4, -0.2) is 4.21 Å². The van der Waals surface area contributed by atoms with E-state index in [2.05, 4.69) is 0 Å². The molecule has 88 valence electrons. The van der Waals surface area contributed by atoms with Crippen LogP contribution in [0.1, 0.15) is 11.1 Å². The van der Waals surface area contributed by atoms with Crippen LogP contribution in [0, 0.1) is 5.82 Å². The normalized spacial score (nSPS) is 12.3. The van der Waals surface area contributed by atoms with Gasteiger partial charge in [0.05, 0.1) is 0 Å². The molecule has 0 amide bonds. The number of hydrogen-bond donors (Lipinski definition) is 0. The first-order chi connectivity index (χ1) is 8.24. The van der Waals surface area contributed by atoms with E-state index in [1.165, 1.54) is 12.1 Å². The lowest BCUT2D eigenvalue weighted by molar-refractivity contribution is 0.627. The number of halogens is 1. The van der Waals surface area contributed by atoms with Crippen LogP contribution >= 0.6 is 0 Å². The smallest absolute Gasteiger partial charge is 0.123 e. The standard InChI is InChI=1S/C14H13FOS/c15-14-8-6-13(7-9-14)11-17(16)10-12-4-2-1-3-5-12/h1-9H,10-11H2/t17-/m1/s1. The Bertz CT molecular complexity index is 493. The first-order valence-corrected chi connectivity index (χ1v) is 6.86. The zero-order valence-corrected chi connectivity index (χ0v) is 10.1. The summed E-state index contributed by atoms with van der Waals surface area (Å²) in [6, 6.07) is 15.9. The topological polar surface area (TPSA) is 17.1 Å². The number of rotatable bonds is 4. The van der Waals surface area contributed by atoms with Gasteiger partial charge in [0, 0.05) is 22.3 Å². The predicted octanol–water partition coefficient (Wildman–Crippen LogP) is 3.27. The Morgan fingerprint density at radius 2 is 1.35 bits per heavy atom. The lowest BCUT2D eigenvalue weighted by Gasteiger charge is -2.03. The molecule has 2 aromatic carbocycles. The van der Waals surface area contributed by atoms with E-state index in [1.807, 2.05) is 30.3 Å². The maximum Gasteiger partial charge on any atom is 0.123 e. The molecule has 0 spiro atoms. The summed E-state index contributed by atoms with van der Waals surface area (Å²) < 4.78 is 24.6. The third-order valence-electron chi connectivity index (χ3n) is 2.41. The molecule has 0 heterocycles. The third kappa shape index (κ3) is 3.79. The van der Waals surface area contributed by atoms with Crippen molar-refractivity contribution < 1.29 is 8.60 Å². The van der Waals surface area contributed by atoms with E-state index in [1.54, 1.807) is 12.1 Å². The second-order valence-electron chi connectivity index (χ2n) is 3.84. The predicted molar refractivity (Wildman–Crippen MR) is 68.4 cm³/mol. The largest absolute Gasteiger partial charge is 0.259 e. The van der Waals surface area contributed by atoms with Crippen LogP contribution in [0.2, 0.25) is 0 Å². The molecule has 0 aliphatic rings. The molecule has 2 rings (SSSR count). The Morgan fingerprint density at radius 3 is 1.94 bits per heavy atom. The molecule has 0 bridgehead atoms. The first kappa shape index (κ1) is 12.0. The molecule has 0 fully saturated rings. The van der Waals surface area contributed by atoms with E-state index < -0.39 is 10.8 Å². The Kier molecular flexibility index (Phi) is 4.04. The zero-order valence-electron chi connectivity index (χ0n) is 9.30. The fourth-order valence-electron chi connectivity index (χ4n) is 1.58.